The molecule has 0 radical (unpaired) electrons. The monoisotopic (exact) mass is 347 g/mol. The van der Waals surface area contributed by atoms with E-state index in [0.717, 1.165) is 42.2 Å². The van der Waals surface area contributed by atoms with E-state index in [1.165, 1.54) is 0 Å². The normalized spacial score (nSPS) is 16.1. The molecule has 3 heterocycles. The molecule has 2 aromatic heterocycles. The van der Waals surface area contributed by atoms with Crippen molar-refractivity contribution in [2.75, 3.05) is 7.05 Å². The summed E-state index contributed by atoms with van der Waals surface area (Å²) in [7, 11) is 1.84. The van der Waals surface area contributed by atoms with Crippen LogP contribution in [0.2, 0.25) is 0 Å². The van der Waals surface area contributed by atoms with Crippen molar-refractivity contribution in [2.24, 2.45) is 0 Å². The quantitative estimate of drug-likeness (QED) is 0.728. The maximum atomic E-state index is 13.0. The highest BCUT2D eigenvalue weighted by molar-refractivity contribution is 5.83. The Labute approximate surface area is 152 Å². The van der Waals surface area contributed by atoms with E-state index in [9.17, 15) is 4.79 Å². The number of hydrogen-bond acceptors (Lipinski definition) is 4. The first-order chi connectivity index (χ1) is 12.7. The van der Waals surface area contributed by atoms with Crippen LogP contribution in [0.3, 0.4) is 0 Å². The van der Waals surface area contributed by atoms with Crippen LogP contribution in [0.1, 0.15) is 30.1 Å². The Bertz CT molecular complexity index is 891. The number of rotatable bonds is 4. The number of pyridine rings is 1. The van der Waals surface area contributed by atoms with Crippen LogP contribution in [0, 0.1) is 0 Å². The molecule has 0 aliphatic carbocycles. The van der Waals surface area contributed by atoms with Crippen LogP contribution < -0.4 is 0 Å². The van der Waals surface area contributed by atoms with Gasteiger partial charge in [0.2, 0.25) is 5.91 Å². The van der Waals surface area contributed by atoms with Gasteiger partial charge in [0.05, 0.1) is 5.92 Å². The summed E-state index contributed by atoms with van der Waals surface area (Å²) in [6.07, 6.45) is 5.28. The molecule has 3 aromatic rings. The fraction of sp³-hybridized carbons (Fsp3) is 0.300. The first-order valence-electron chi connectivity index (χ1n) is 8.86. The molecule has 1 aromatic carbocycles. The van der Waals surface area contributed by atoms with Crippen LogP contribution in [-0.4, -0.2) is 37.6 Å². The molecule has 1 aliphatic heterocycles. The molecule has 6 nitrogen and oxygen atoms in total. The van der Waals surface area contributed by atoms with Gasteiger partial charge in [-0.3, -0.25) is 9.78 Å². The molecule has 132 valence electrons. The number of likely N-dealkylation sites (N-methyl/N-ethyl adjacent to an activating group) is 1. The van der Waals surface area contributed by atoms with E-state index in [0.29, 0.717) is 6.54 Å². The molecule has 0 saturated carbocycles. The highest BCUT2D eigenvalue weighted by atomic mass is 16.2. The molecule has 4 rings (SSSR count). The Balaban J connectivity index is 1.58. The van der Waals surface area contributed by atoms with E-state index in [2.05, 4.69) is 19.7 Å². The Morgan fingerprint density at radius 3 is 2.81 bits per heavy atom. The maximum Gasteiger partial charge on any atom is 0.233 e. The standard InChI is InChI=1S/C20H21N5O/c1-24(14-15-7-5-11-21-13-15)20(26)17-10-6-12-25-18(22-23-19(17)25)16-8-3-2-4-9-16/h2-5,7-9,11,13,17H,6,10,12,14H2,1H3. The van der Waals surface area contributed by atoms with E-state index < -0.39 is 0 Å². The molecule has 1 amide bonds. The van der Waals surface area contributed by atoms with Crippen molar-refractivity contribution in [1.29, 1.82) is 0 Å². The third-order valence-corrected chi connectivity index (χ3v) is 4.81. The average Bonchev–Trinajstić information content (AvgIpc) is 3.13. The van der Waals surface area contributed by atoms with Crippen LogP contribution in [0.15, 0.2) is 54.9 Å². The van der Waals surface area contributed by atoms with Gasteiger partial charge in [-0.15, -0.1) is 10.2 Å². The van der Waals surface area contributed by atoms with Crippen LogP contribution in [-0.2, 0) is 17.9 Å². The molecule has 26 heavy (non-hydrogen) atoms. The fourth-order valence-corrected chi connectivity index (χ4v) is 3.52. The second-order valence-corrected chi connectivity index (χ2v) is 6.65. The molecule has 0 N–H and O–H groups in total. The zero-order valence-electron chi connectivity index (χ0n) is 14.7. The molecule has 0 fully saturated rings. The van der Waals surface area contributed by atoms with Crippen molar-refractivity contribution in [3.05, 3.63) is 66.2 Å². The van der Waals surface area contributed by atoms with Gasteiger partial charge >= 0.3 is 0 Å². The number of aromatic nitrogens is 4. The van der Waals surface area contributed by atoms with Gasteiger partial charge in [0, 0.05) is 38.1 Å². The van der Waals surface area contributed by atoms with E-state index in [1.54, 1.807) is 17.3 Å². The van der Waals surface area contributed by atoms with E-state index in [4.69, 9.17) is 0 Å². The summed E-state index contributed by atoms with van der Waals surface area (Å²) in [4.78, 5) is 18.9. The lowest BCUT2D eigenvalue weighted by Gasteiger charge is -2.27. The zero-order chi connectivity index (χ0) is 17.9. The van der Waals surface area contributed by atoms with Gasteiger partial charge in [-0.2, -0.15) is 0 Å². The molecular formula is C20H21N5O. The topological polar surface area (TPSA) is 63.9 Å². The van der Waals surface area contributed by atoms with Gasteiger partial charge in [0.25, 0.3) is 0 Å². The Kier molecular flexibility index (Phi) is 4.48. The first kappa shape index (κ1) is 16.4. The summed E-state index contributed by atoms with van der Waals surface area (Å²) < 4.78 is 2.10. The van der Waals surface area contributed by atoms with Crippen LogP contribution >= 0.6 is 0 Å². The van der Waals surface area contributed by atoms with Crippen LogP contribution in [0.25, 0.3) is 11.4 Å². The van der Waals surface area contributed by atoms with Crippen molar-refractivity contribution < 1.29 is 4.79 Å². The van der Waals surface area contributed by atoms with Crippen molar-refractivity contribution >= 4 is 5.91 Å². The maximum absolute atomic E-state index is 13.0. The minimum Gasteiger partial charge on any atom is -0.341 e. The third-order valence-electron chi connectivity index (χ3n) is 4.81. The molecule has 0 spiro atoms. The highest BCUT2D eigenvalue weighted by Gasteiger charge is 2.32. The van der Waals surface area contributed by atoms with Gasteiger partial charge in [-0.05, 0) is 24.5 Å². The van der Waals surface area contributed by atoms with Crippen LogP contribution in [0.5, 0.6) is 0 Å². The first-order valence-corrected chi connectivity index (χ1v) is 8.86. The van der Waals surface area contributed by atoms with Crippen molar-refractivity contribution in [3.8, 4) is 11.4 Å². The van der Waals surface area contributed by atoms with Crippen molar-refractivity contribution in [3.63, 3.8) is 0 Å². The second-order valence-electron chi connectivity index (χ2n) is 6.65. The number of hydrogen-bond donors (Lipinski definition) is 0. The van der Waals surface area contributed by atoms with Gasteiger partial charge in [-0.25, -0.2) is 0 Å². The minimum absolute atomic E-state index is 0.0850. The molecule has 0 bridgehead atoms. The van der Waals surface area contributed by atoms with Gasteiger partial charge in [0.15, 0.2) is 5.82 Å². The Hall–Kier alpha value is -3.02. The molecule has 1 unspecified atom stereocenters. The smallest absolute Gasteiger partial charge is 0.233 e. The second kappa shape index (κ2) is 7.07. The van der Waals surface area contributed by atoms with E-state index >= 15 is 0 Å². The summed E-state index contributed by atoms with van der Waals surface area (Å²) >= 11 is 0. The molecule has 1 aliphatic rings. The van der Waals surface area contributed by atoms with E-state index in [-0.39, 0.29) is 11.8 Å². The zero-order valence-corrected chi connectivity index (χ0v) is 14.7. The number of fused-ring (bicyclic) bond motifs is 1. The lowest BCUT2D eigenvalue weighted by atomic mass is 9.97. The van der Waals surface area contributed by atoms with Crippen molar-refractivity contribution in [1.82, 2.24) is 24.6 Å². The SMILES string of the molecule is CN(Cc1cccnc1)C(=O)C1CCCn2c(-c3ccccc3)nnc21. The van der Waals surface area contributed by atoms with E-state index in [1.807, 2.05) is 49.5 Å². The lowest BCUT2D eigenvalue weighted by molar-refractivity contribution is -0.132. The highest BCUT2D eigenvalue weighted by Crippen LogP contribution is 2.31. The molecule has 6 heteroatoms. The Morgan fingerprint density at radius 1 is 1.19 bits per heavy atom. The predicted molar refractivity (Wildman–Crippen MR) is 98.1 cm³/mol. The summed E-state index contributed by atoms with van der Waals surface area (Å²) in [5.41, 5.74) is 2.05. The average molecular weight is 347 g/mol. The number of benzene rings is 1. The summed E-state index contributed by atoms with van der Waals surface area (Å²) in [6.45, 7) is 1.39. The number of carbonyl (C=O) groups excluding carboxylic acids is 1. The fourth-order valence-electron chi connectivity index (χ4n) is 3.52. The predicted octanol–water partition coefficient (Wildman–Crippen LogP) is 2.88. The summed E-state index contributed by atoms with van der Waals surface area (Å²) in [5.74, 6) is 1.46. The number of amides is 1. The van der Waals surface area contributed by atoms with Gasteiger partial charge < -0.3 is 9.47 Å². The van der Waals surface area contributed by atoms with Crippen molar-refractivity contribution in [2.45, 2.75) is 31.8 Å². The number of nitrogens with zero attached hydrogens (tertiary/aromatic N) is 5. The lowest BCUT2D eigenvalue weighted by Crippen LogP contribution is -2.34. The number of carbonyl (C=O) groups is 1. The third kappa shape index (κ3) is 3.10. The summed E-state index contributed by atoms with van der Waals surface area (Å²) in [5, 5.41) is 8.75. The molecule has 1 atom stereocenters. The molecular weight excluding hydrogens is 326 g/mol. The van der Waals surface area contributed by atoms with Gasteiger partial charge in [-0.1, -0.05) is 36.4 Å². The summed E-state index contributed by atoms with van der Waals surface area (Å²) in [6, 6.07) is 13.9. The minimum atomic E-state index is -0.240. The molecule has 0 saturated heterocycles. The Morgan fingerprint density at radius 2 is 2.04 bits per heavy atom. The largest absolute Gasteiger partial charge is 0.341 e. The van der Waals surface area contributed by atoms with Crippen LogP contribution in [0.4, 0.5) is 0 Å². The van der Waals surface area contributed by atoms with Gasteiger partial charge in [0.1, 0.15) is 5.82 Å².